The molecule has 0 saturated carbocycles. The van der Waals surface area contributed by atoms with Crippen molar-refractivity contribution in [2.75, 3.05) is 0 Å². The first-order valence-electron chi connectivity index (χ1n) is 12.1. The van der Waals surface area contributed by atoms with E-state index >= 15 is 0 Å². The fraction of sp³-hybridized carbons (Fsp3) is 0.103. The first-order valence-corrected chi connectivity index (χ1v) is 10.6. The first-order chi connectivity index (χ1) is 16.8. The zero-order valence-corrected chi connectivity index (χ0v) is 17.9. The molecule has 0 aliphatic rings. The molecule has 3 heterocycles. The Morgan fingerprint density at radius 2 is 1.66 bits per heavy atom. The van der Waals surface area contributed by atoms with Gasteiger partial charge in [-0.2, -0.15) is 0 Å². The van der Waals surface area contributed by atoms with Gasteiger partial charge in [-0.1, -0.05) is 54.1 Å². The van der Waals surface area contributed by atoms with Crippen LogP contribution in [0.3, 0.4) is 0 Å². The molecule has 32 heavy (non-hydrogen) atoms. The summed E-state index contributed by atoms with van der Waals surface area (Å²) in [5.74, 6) is 0. The number of benzene rings is 3. The van der Waals surface area contributed by atoms with Gasteiger partial charge >= 0.3 is 0 Å². The van der Waals surface area contributed by atoms with E-state index in [-0.39, 0.29) is 0 Å². The van der Waals surface area contributed by atoms with Crippen LogP contribution >= 0.6 is 0 Å². The minimum absolute atomic E-state index is 0.338. The highest BCUT2D eigenvalue weighted by Gasteiger charge is 2.24. The number of hydrogen-bond donors (Lipinski definition) is 0. The monoisotopic (exact) mass is 418 g/mol. The van der Waals surface area contributed by atoms with Crippen LogP contribution in [0.2, 0.25) is 0 Å². The van der Waals surface area contributed by atoms with Crippen LogP contribution in [0.25, 0.3) is 55.2 Å². The second kappa shape index (κ2) is 7.03. The van der Waals surface area contributed by atoms with Gasteiger partial charge in [0.05, 0.1) is 5.56 Å². The lowest BCUT2D eigenvalue weighted by molar-refractivity contribution is -0.660. The molecule has 0 saturated heterocycles. The smallest absolute Gasteiger partial charge is 0.227 e. The molecule has 3 aromatic carbocycles. The predicted molar refractivity (Wildman–Crippen MR) is 131 cm³/mol. The van der Waals surface area contributed by atoms with Crippen LogP contribution in [0.1, 0.15) is 15.2 Å². The molecule has 6 aromatic rings. The van der Waals surface area contributed by atoms with E-state index < -0.39 is 6.85 Å². The zero-order chi connectivity index (χ0) is 24.3. The van der Waals surface area contributed by atoms with E-state index in [1.54, 1.807) is 18.3 Å². The van der Waals surface area contributed by atoms with E-state index in [0.717, 1.165) is 49.7 Å². The van der Waals surface area contributed by atoms with Crippen LogP contribution in [-0.4, -0.2) is 4.98 Å². The molecule has 3 nitrogen and oxygen atoms in total. The molecular weight excluding hydrogens is 392 g/mol. The molecule has 0 atom stereocenters. The third kappa shape index (κ3) is 2.75. The standard InChI is InChI=1S/C29H23N2O/c1-18-10-12-20(13-11-18)21-14-16-31(3)25(17-21)26-19(2)22-7-4-5-8-23(22)27-24-9-6-15-30-29(24)32-28(26)27/h4-17H,1-3H3/q+1/i1D3. The molecule has 0 N–H and O–H groups in total. The summed E-state index contributed by atoms with van der Waals surface area (Å²) in [6.07, 6.45) is 3.78. The molecule has 6 rings (SSSR count). The summed E-state index contributed by atoms with van der Waals surface area (Å²) in [5.41, 5.74) is 6.92. The van der Waals surface area contributed by atoms with Gasteiger partial charge in [-0.3, -0.25) is 0 Å². The molecule has 0 radical (unpaired) electrons. The third-order valence-electron chi connectivity index (χ3n) is 6.29. The van der Waals surface area contributed by atoms with Gasteiger partial charge < -0.3 is 4.42 Å². The Morgan fingerprint density at radius 1 is 0.875 bits per heavy atom. The normalized spacial score (nSPS) is 13.4. The van der Waals surface area contributed by atoms with E-state index in [2.05, 4.69) is 52.9 Å². The van der Waals surface area contributed by atoms with E-state index in [1.807, 2.05) is 37.5 Å². The molecule has 3 aromatic heterocycles. The highest BCUT2D eigenvalue weighted by atomic mass is 16.3. The Morgan fingerprint density at radius 3 is 2.47 bits per heavy atom. The van der Waals surface area contributed by atoms with Crippen molar-refractivity contribution in [1.82, 2.24) is 4.98 Å². The summed E-state index contributed by atoms with van der Waals surface area (Å²) in [5, 5.41) is 4.39. The molecular formula is C29H23N2O+. The van der Waals surface area contributed by atoms with Crippen molar-refractivity contribution in [2.45, 2.75) is 13.8 Å². The van der Waals surface area contributed by atoms with Gasteiger partial charge in [-0.25, -0.2) is 9.55 Å². The molecule has 0 bridgehead atoms. The fourth-order valence-corrected chi connectivity index (χ4v) is 4.68. The van der Waals surface area contributed by atoms with Crippen molar-refractivity contribution >= 4 is 32.8 Å². The second-order valence-electron chi connectivity index (χ2n) is 8.20. The van der Waals surface area contributed by atoms with Gasteiger partial charge in [-0.15, -0.1) is 0 Å². The van der Waals surface area contributed by atoms with Crippen LogP contribution in [0, 0.1) is 13.8 Å². The topological polar surface area (TPSA) is 29.9 Å². The molecule has 0 aliphatic heterocycles. The molecule has 0 unspecified atom stereocenters. The van der Waals surface area contributed by atoms with Crippen molar-refractivity contribution in [2.24, 2.45) is 7.05 Å². The van der Waals surface area contributed by atoms with Crippen molar-refractivity contribution < 1.29 is 13.1 Å². The Kier molecular flexibility index (Phi) is 3.46. The second-order valence-corrected chi connectivity index (χ2v) is 8.20. The van der Waals surface area contributed by atoms with Crippen LogP contribution in [0.15, 0.2) is 89.6 Å². The molecule has 0 amide bonds. The molecule has 3 heteroatoms. The Balaban J connectivity index is 1.64. The number of rotatable bonds is 2. The highest BCUT2D eigenvalue weighted by molar-refractivity contribution is 6.22. The average molecular weight is 419 g/mol. The molecule has 154 valence electrons. The Hall–Kier alpha value is -3.98. The van der Waals surface area contributed by atoms with Crippen LogP contribution in [0.4, 0.5) is 0 Å². The highest BCUT2D eigenvalue weighted by Crippen LogP contribution is 2.42. The average Bonchev–Trinajstić information content (AvgIpc) is 3.24. The first kappa shape index (κ1) is 15.8. The van der Waals surface area contributed by atoms with Crippen LogP contribution in [0.5, 0.6) is 0 Å². The summed E-state index contributed by atoms with van der Waals surface area (Å²) in [6, 6.07) is 23.7. The van der Waals surface area contributed by atoms with Gasteiger partial charge in [0, 0.05) is 33.2 Å². The number of furan rings is 1. The fourth-order valence-electron chi connectivity index (χ4n) is 4.68. The largest absolute Gasteiger partial charge is 0.437 e. The number of pyridine rings is 2. The number of nitrogens with zero attached hydrogens (tertiary/aromatic N) is 2. The number of fused-ring (bicyclic) bond motifs is 5. The number of aromatic nitrogens is 2. The van der Waals surface area contributed by atoms with Gasteiger partial charge in [0.25, 0.3) is 0 Å². The quantitative estimate of drug-likeness (QED) is 0.286. The van der Waals surface area contributed by atoms with Gasteiger partial charge in [0.2, 0.25) is 11.4 Å². The summed E-state index contributed by atoms with van der Waals surface area (Å²) < 4.78 is 31.4. The third-order valence-corrected chi connectivity index (χ3v) is 6.29. The Bertz CT molecular complexity index is 1750. The van der Waals surface area contributed by atoms with Gasteiger partial charge in [0.15, 0.2) is 11.8 Å². The van der Waals surface area contributed by atoms with Crippen molar-refractivity contribution in [3.8, 4) is 22.4 Å². The van der Waals surface area contributed by atoms with Crippen molar-refractivity contribution in [1.29, 1.82) is 0 Å². The lowest BCUT2D eigenvalue weighted by Crippen LogP contribution is -2.30. The number of aryl methyl sites for hydroxylation is 3. The maximum absolute atomic E-state index is 7.65. The summed E-state index contributed by atoms with van der Waals surface area (Å²) in [7, 11) is 2.03. The van der Waals surface area contributed by atoms with Gasteiger partial charge in [-0.05, 0) is 53.4 Å². The van der Waals surface area contributed by atoms with Crippen LogP contribution in [-0.2, 0) is 7.05 Å². The summed E-state index contributed by atoms with van der Waals surface area (Å²) in [6.45, 7) is 0.0193. The van der Waals surface area contributed by atoms with Gasteiger partial charge in [0.1, 0.15) is 7.05 Å². The van der Waals surface area contributed by atoms with E-state index in [1.165, 1.54) is 5.39 Å². The predicted octanol–water partition coefficient (Wildman–Crippen LogP) is 6.91. The van der Waals surface area contributed by atoms with E-state index in [4.69, 9.17) is 8.53 Å². The number of hydrogen-bond acceptors (Lipinski definition) is 2. The molecule has 0 spiro atoms. The minimum atomic E-state index is -2.12. The minimum Gasteiger partial charge on any atom is -0.437 e. The summed E-state index contributed by atoms with van der Waals surface area (Å²) in [4.78, 5) is 4.49. The lowest BCUT2D eigenvalue weighted by Gasteiger charge is -2.11. The molecule has 0 aliphatic carbocycles. The zero-order valence-electron chi connectivity index (χ0n) is 20.9. The van der Waals surface area contributed by atoms with Crippen molar-refractivity contribution in [3.63, 3.8) is 0 Å². The maximum atomic E-state index is 7.65. The Labute approximate surface area is 190 Å². The molecule has 0 fully saturated rings. The van der Waals surface area contributed by atoms with Crippen LogP contribution < -0.4 is 4.57 Å². The maximum Gasteiger partial charge on any atom is 0.227 e. The van der Waals surface area contributed by atoms with E-state index in [0.29, 0.717) is 11.3 Å². The lowest BCUT2D eigenvalue weighted by atomic mass is 9.92. The van der Waals surface area contributed by atoms with E-state index in [9.17, 15) is 0 Å². The van der Waals surface area contributed by atoms with Crippen molar-refractivity contribution in [3.05, 3.63) is 96.3 Å². The summed E-state index contributed by atoms with van der Waals surface area (Å²) >= 11 is 0. The SMILES string of the molecule is [2H]C([2H])([2H])c1ccc(-c2cc[n+](C)c(-c3c(C)c4ccccc4c4c3oc3ncccc34)c2)cc1.